The molecule has 1 unspecified atom stereocenters. The third-order valence-corrected chi connectivity index (χ3v) is 1.91. The Balaban J connectivity index is 4.03. The number of hydrogen-bond acceptors (Lipinski definition) is 3. The molecule has 9 heavy (non-hydrogen) atoms. The summed E-state index contributed by atoms with van der Waals surface area (Å²) in [5.41, 5.74) is 0. The van der Waals surface area contributed by atoms with E-state index in [1.165, 1.54) is 0 Å². The van der Waals surface area contributed by atoms with Crippen LogP contribution in [0, 0.1) is 0 Å². The Labute approximate surface area is 57.2 Å². The second kappa shape index (κ2) is 3.85. The molecule has 0 bridgehead atoms. The number of isocyanates is 1. The summed E-state index contributed by atoms with van der Waals surface area (Å²) in [6.07, 6.45) is 1.01. The van der Waals surface area contributed by atoms with Crippen molar-refractivity contribution in [3.63, 3.8) is 0 Å². The Hall–Kier alpha value is -0.0800. The van der Waals surface area contributed by atoms with E-state index in [1.54, 1.807) is 6.92 Å². The molecule has 0 saturated heterocycles. The molecule has 52 valence electrons. The van der Waals surface area contributed by atoms with Crippen molar-refractivity contribution < 1.29 is 13.5 Å². The second-order valence-electron chi connectivity index (χ2n) is 1.06. The normalized spacial score (nSPS) is 15.8. The van der Waals surface area contributed by atoms with Crippen molar-refractivity contribution in [2.75, 3.05) is 6.61 Å². The van der Waals surface area contributed by atoms with Crippen molar-refractivity contribution in [2.24, 2.45) is 4.76 Å². The molecule has 0 amide bonds. The van der Waals surface area contributed by atoms with Crippen LogP contribution in [0.3, 0.4) is 0 Å². The van der Waals surface area contributed by atoms with E-state index in [-0.39, 0.29) is 6.61 Å². The van der Waals surface area contributed by atoms with Crippen molar-refractivity contribution in [3.05, 3.63) is 0 Å². The molecule has 0 fully saturated rings. The van der Waals surface area contributed by atoms with E-state index in [2.05, 4.69) is 21.1 Å². The van der Waals surface area contributed by atoms with Crippen molar-refractivity contribution in [1.82, 2.24) is 0 Å². The first-order valence-electron chi connectivity index (χ1n) is 2.16. The number of hydrogen-bond donors (Lipinski definition) is 0. The van der Waals surface area contributed by atoms with Crippen molar-refractivity contribution in [3.8, 4) is 0 Å². The van der Waals surface area contributed by atoms with Gasteiger partial charge in [0.1, 0.15) is 0 Å². The highest BCUT2D eigenvalue weighted by Crippen LogP contribution is 2.49. The van der Waals surface area contributed by atoms with E-state index < -0.39 is 6.73 Å². The lowest BCUT2D eigenvalue weighted by atomic mass is 10.9. The van der Waals surface area contributed by atoms with Gasteiger partial charge < -0.3 is 4.52 Å². The maximum atomic E-state index is 12.4. The summed E-state index contributed by atoms with van der Waals surface area (Å²) < 4.78 is 19.3. The quantitative estimate of drug-likeness (QED) is 0.365. The van der Waals surface area contributed by atoms with Crippen molar-refractivity contribution in [2.45, 2.75) is 6.92 Å². The molecule has 1 atom stereocenters. The summed E-state index contributed by atoms with van der Waals surface area (Å²) in [6, 6.07) is 0. The van der Waals surface area contributed by atoms with E-state index in [1.807, 2.05) is 0 Å². The van der Waals surface area contributed by atoms with Gasteiger partial charge in [-0.2, -0.15) is 4.20 Å². The Morgan fingerprint density at radius 3 is 2.89 bits per heavy atom. The summed E-state index contributed by atoms with van der Waals surface area (Å²) in [5, 5.41) is 0. The molecule has 0 aliphatic heterocycles. The highest BCUT2D eigenvalue weighted by atomic mass is 32.5. The van der Waals surface area contributed by atoms with Gasteiger partial charge in [0.25, 0.3) is 0 Å². The first-order valence-corrected chi connectivity index (χ1v) is 4.72. The molecule has 6 heteroatoms. The van der Waals surface area contributed by atoms with E-state index >= 15 is 0 Å². The molecule has 0 aromatic carbocycles. The molecule has 0 aromatic heterocycles. The Morgan fingerprint density at radius 2 is 2.56 bits per heavy atom. The van der Waals surface area contributed by atoms with Crippen molar-refractivity contribution in [1.29, 1.82) is 0 Å². The minimum absolute atomic E-state index is 0.124. The number of halogens is 1. The molecule has 0 heterocycles. The summed E-state index contributed by atoms with van der Waals surface area (Å²) in [6.45, 7) is -1.96. The lowest BCUT2D eigenvalue weighted by molar-refractivity contribution is 0.354. The van der Waals surface area contributed by atoms with Crippen LogP contribution in [-0.4, -0.2) is 12.7 Å². The molecule has 0 aliphatic carbocycles. The largest absolute Gasteiger partial charge is 0.358 e. The van der Waals surface area contributed by atoms with Crippen molar-refractivity contribution >= 4 is 24.6 Å². The van der Waals surface area contributed by atoms with Gasteiger partial charge in [0.05, 0.1) is 6.61 Å². The molecule has 0 aromatic rings. The molecule has 0 N–H and O–H groups in total. The first kappa shape index (κ1) is 8.92. The molecular formula is C3H5FNO2PS. The molecular weight excluding hydrogens is 164 g/mol. The predicted molar refractivity (Wildman–Crippen MR) is 35.1 cm³/mol. The van der Waals surface area contributed by atoms with Crippen LogP contribution in [0.1, 0.15) is 6.92 Å². The van der Waals surface area contributed by atoms with Gasteiger partial charge in [-0.15, -0.1) is 4.76 Å². The molecule has 0 saturated carbocycles. The number of carbonyl (C=O) groups excluding carboxylic acids is 1. The highest BCUT2D eigenvalue weighted by molar-refractivity contribution is 8.09. The predicted octanol–water partition coefficient (Wildman–Crippen LogP) is 1.55. The van der Waals surface area contributed by atoms with Gasteiger partial charge in [-0.25, -0.2) is 4.79 Å². The lowest BCUT2D eigenvalue weighted by Crippen LogP contribution is -1.79. The fraction of sp³-hybridized carbons (Fsp3) is 0.667. The van der Waals surface area contributed by atoms with Gasteiger partial charge in [0.2, 0.25) is 6.08 Å². The molecule has 0 rings (SSSR count). The van der Waals surface area contributed by atoms with Crippen LogP contribution in [0.4, 0.5) is 4.20 Å². The molecule has 3 nitrogen and oxygen atoms in total. The Kier molecular flexibility index (Phi) is 3.82. The SMILES string of the molecule is CCOP(F)(=S)N=C=O. The smallest absolute Gasteiger partial charge is 0.309 e. The summed E-state index contributed by atoms with van der Waals surface area (Å²) in [4.78, 5) is 9.44. The standard InChI is InChI=1S/C3H5FNO2PS/c1-2-7-8(4,9)5-3-6/h2H2,1H3. The molecule has 0 aliphatic rings. The number of rotatable bonds is 3. The van der Waals surface area contributed by atoms with Crippen LogP contribution in [0.25, 0.3) is 0 Å². The third kappa shape index (κ3) is 4.43. The zero-order valence-electron chi connectivity index (χ0n) is 4.70. The molecule has 0 radical (unpaired) electrons. The minimum Gasteiger partial charge on any atom is -0.309 e. The fourth-order valence-corrected chi connectivity index (χ4v) is 1.13. The van der Waals surface area contributed by atoms with Gasteiger partial charge in [0, 0.05) is 0 Å². The topological polar surface area (TPSA) is 38.7 Å². The van der Waals surface area contributed by atoms with Gasteiger partial charge in [-0.3, -0.25) is 0 Å². The maximum absolute atomic E-state index is 12.4. The van der Waals surface area contributed by atoms with Crippen LogP contribution in [0.15, 0.2) is 4.76 Å². The third-order valence-electron chi connectivity index (χ3n) is 0.449. The van der Waals surface area contributed by atoms with E-state index in [0.29, 0.717) is 0 Å². The number of nitrogens with zero attached hydrogens (tertiary/aromatic N) is 1. The van der Waals surface area contributed by atoms with Gasteiger partial charge in [-0.05, 0) is 18.7 Å². The fourth-order valence-electron chi connectivity index (χ4n) is 0.237. The average Bonchev–Trinajstić information content (AvgIpc) is 1.64. The summed E-state index contributed by atoms with van der Waals surface area (Å²) in [5.74, 6) is 0. The highest BCUT2D eigenvalue weighted by Gasteiger charge is 2.11. The van der Waals surface area contributed by atoms with Crippen LogP contribution in [-0.2, 0) is 21.1 Å². The minimum atomic E-state index is -3.66. The monoisotopic (exact) mass is 169 g/mol. The Morgan fingerprint density at radius 1 is 2.00 bits per heavy atom. The zero-order valence-corrected chi connectivity index (χ0v) is 6.42. The van der Waals surface area contributed by atoms with Crippen LogP contribution in [0.5, 0.6) is 0 Å². The van der Waals surface area contributed by atoms with E-state index in [9.17, 15) is 8.99 Å². The first-order chi connectivity index (χ1) is 4.12. The summed E-state index contributed by atoms with van der Waals surface area (Å²) >= 11 is 4.13. The Bertz CT molecular complexity index is 179. The molecule has 0 spiro atoms. The second-order valence-corrected chi connectivity index (χ2v) is 3.77. The van der Waals surface area contributed by atoms with Crippen LogP contribution >= 0.6 is 6.73 Å². The van der Waals surface area contributed by atoms with E-state index in [0.717, 1.165) is 6.08 Å². The van der Waals surface area contributed by atoms with Gasteiger partial charge in [-0.1, -0.05) is 0 Å². The van der Waals surface area contributed by atoms with Gasteiger partial charge in [0.15, 0.2) is 0 Å². The lowest BCUT2D eigenvalue weighted by Gasteiger charge is -2.00. The van der Waals surface area contributed by atoms with E-state index in [4.69, 9.17) is 0 Å². The van der Waals surface area contributed by atoms with Gasteiger partial charge >= 0.3 is 6.73 Å². The van der Waals surface area contributed by atoms with Crippen LogP contribution in [0.2, 0.25) is 0 Å². The average molecular weight is 169 g/mol. The summed E-state index contributed by atoms with van der Waals surface area (Å²) in [7, 11) is 0. The maximum Gasteiger partial charge on any atom is 0.358 e. The van der Waals surface area contributed by atoms with Crippen LogP contribution < -0.4 is 0 Å². The zero-order chi connectivity index (χ0) is 7.33.